The van der Waals surface area contributed by atoms with Crippen LogP contribution < -0.4 is 11.1 Å². The van der Waals surface area contributed by atoms with Crippen molar-refractivity contribution in [1.82, 2.24) is 9.97 Å². The first-order valence-electron chi connectivity index (χ1n) is 7.15. The number of anilines is 2. The number of unbranched alkanes of at least 4 members (excludes halogenated alkanes) is 7. The van der Waals surface area contributed by atoms with Crippen molar-refractivity contribution < 1.29 is 0 Å². The largest absolute Gasteiger partial charge is 0.384 e. The maximum atomic E-state index is 5.58. The highest BCUT2D eigenvalue weighted by Crippen LogP contribution is 2.08. The molecule has 0 radical (unpaired) electrons. The number of nitrogen functional groups attached to an aromatic ring is 1. The van der Waals surface area contributed by atoms with Gasteiger partial charge in [0.1, 0.15) is 5.82 Å². The van der Waals surface area contributed by atoms with Gasteiger partial charge < -0.3 is 11.1 Å². The first-order chi connectivity index (χ1) is 8.83. The second-order valence-electron chi connectivity index (χ2n) is 4.71. The number of nitrogens with zero attached hydrogens (tertiary/aromatic N) is 2. The minimum absolute atomic E-state index is 0.517. The third-order valence-corrected chi connectivity index (χ3v) is 2.99. The molecule has 4 heteroatoms. The van der Waals surface area contributed by atoms with Crippen LogP contribution in [0.25, 0.3) is 0 Å². The predicted octanol–water partition coefficient (Wildman–Crippen LogP) is 3.61. The molecular formula is C14H26N4. The van der Waals surface area contributed by atoms with E-state index in [-0.39, 0.29) is 0 Å². The van der Waals surface area contributed by atoms with Crippen molar-refractivity contribution in [3.63, 3.8) is 0 Å². The van der Waals surface area contributed by atoms with Crippen LogP contribution in [-0.4, -0.2) is 16.5 Å². The summed E-state index contributed by atoms with van der Waals surface area (Å²) in [6.07, 6.45) is 12.3. The van der Waals surface area contributed by atoms with E-state index in [9.17, 15) is 0 Å². The molecule has 0 atom stereocenters. The van der Waals surface area contributed by atoms with E-state index in [1.54, 1.807) is 12.3 Å². The van der Waals surface area contributed by atoms with Gasteiger partial charge in [-0.2, -0.15) is 4.98 Å². The summed E-state index contributed by atoms with van der Waals surface area (Å²) in [4.78, 5) is 8.20. The topological polar surface area (TPSA) is 63.8 Å². The highest BCUT2D eigenvalue weighted by molar-refractivity contribution is 5.34. The summed E-state index contributed by atoms with van der Waals surface area (Å²) in [6.45, 7) is 3.18. The van der Waals surface area contributed by atoms with E-state index in [1.807, 2.05) is 0 Å². The standard InChI is InChI=1S/C14H26N4/c1-2-3-4-5-6-7-8-9-11-16-14-17-12-10-13(15)18-14/h10,12H,2-9,11H2,1H3,(H3,15,16,17,18). The van der Waals surface area contributed by atoms with Crippen molar-refractivity contribution in [1.29, 1.82) is 0 Å². The van der Waals surface area contributed by atoms with E-state index in [1.165, 1.54) is 51.4 Å². The van der Waals surface area contributed by atoms with Crippen molar-refractivity contribution in [2.45, 2.75) is 58.3 Å². The number of aromatic nitrogens is 2. The third-order valence-electron chi connectivity index (χ3n) is 2.99. The molecule has 1 rings (SSSR count). The summed E-state index contributed by atoms with van der Waals surface area (Å²) in [6, 6.07) is 1.70. The zero-order chi connectivity index (χ0) is 13.1. The van der Waals surface area contributed by atoms with E-state index in [2.05, 4.69) is 22.2 Å². The molecule has 1 aromatic rings. The van der Waals surface area contributed by atoms with Crippen LogP contribution in [0.1, 0.15) is 58.3 Å². The van der Waals surface area contributed by atoms with Crippen molar-refractivity contribution in [3.05, 3.63) is 12.3 Å². The summed E-state index contributed by atoms with van der Waals surface area (Å²) < 4.78 is 0. The summed E-state index contributed by atoms with van der Waals surface area (Å²) in [5.41, 5.74) is 5.58. The van der Waals surface area contributed by atoms with Gasteiger partial charge in [-0.3, -0.25) is 0 Å². The molecule has 0 aliphatic heterocycles. The predicted molar refractivity (Wildman–Crippen MR) is 77.5 cm³/mol. The average Bonchev–Trinajstić information content (AvgIpc) is 2.37. The SMILES string of the molecule is CCCCCCCCCCNc1nccc(N)n1. The van der Waals surface area contributed by atoms with Gasteiger partial charge in [-0.1, -0.05) is 51.9 Å². The number of hydrogen-bond donors (Lipinski definition) is 2. The van der Waals surface area contributed by atoms with Gasteiger partial charge in [0.2, 0.25) is 5.95 Å². The van der Waals surface area contributed by atoms with Crippen molar-refractivity contribution in [2.24, 2.45) is 0 Å². The van der Waals surface area contributed by atoms with Gasteiger partial charge in [0.15, 0.2) is 0 Å². The molecule has 0 unspecified atom stereocenters. The Balaban J connectivity index is 1.92. The molecule has 3 N–H and O–H groups in total. The minimum Gasteiger partial charge on any atom is -0.384 e. The fraction of sp³-hybridized carbons (Fsp3) is 0.714. The van der Waals surface area contributed by atoms with Crippen LogP contribution in [0.3, 0.4) is 0 Å². The van der Waals surface area contributed by atoms with E-state index in [0.717, 1.165) is 6.54 Å². The maximum Gasteiger partial charge on any atom is 0.224 e. The summed E-state index contributed by atoms with van der Waals surface area (Å²) in [5, 5.41) is 3.19. The molecule has 0 saturated carbocycles. The quantitative estimate of drug-likeness (QED) is 0.623. The molecule has 102 valence electrons. The fourth-order valence-electron chi connectivity index (χ4n) is 1.92. The van der Waals surface area contributed by atoms with Crippen LogP contribution in [0.5, 0.6) is 0 Å². The van der Waals surface area contributed by atoms with Gasteiger partial charge in [-0.25, -0.2) is 4.98 Å². The Morgan fingerprint density at radius 1 is 1.06 bits per heavy atom. The van der Waals surface area contributed by atoms with Gasteiger partial charge in [-0.15, -0.1) is 0 Å². The molecule has 0 amide bonds. The average molecular weight is 250 g/mol. The Labute approximate surface area is 110 Å². The molecule has 0 saturated heterocycles. The summed E-state index contributed by atoms with van der Waals surface area (Å²) >= 11 is 0. The molecule has 0 spiro atoms. The smallest absolute Gasteiger partial charge is 0.224 e. The number of rotatable bonds is 10. The lowest BCUT2D eigenvalue weighted by Crippen LogP contribution is -2.06. The number of hydrogen-bond acceptors (Lipinski definition) is 4. The Morgan fingerprint density at radius 2 is 1.72 bits per heavy atom. The highest BCUT2D eigenvalue weighted by atomic mass is 15.1. The molecule has 1 heterocycles. The third kappa shape index (κ3) is 7.09. The first kappa shape index (κ1) is 14.7. The van der Waals surface area contributed by atoms with Gasteiger partial charge in [0, 0.05) is 12.7 Å². The number of nitrogens with two attached hydrogens (primary N) is 1. The molecular weight excluding hydrogens is 224 g/mol. The molecule has 0 fully saturated rings. The lowest BCUT2D eigenvalue weighted by Gasteiger charge is -2.05. The van der Waals surface area contributed by atoms with Crippen LogP contribution in [0.4, 0.5) is 11.8 Å². The second kappa shape index (κ2) is 9.68. The molecule has 4 nitrogen and oxygen atoms in total. The van der Waals surface area contributed by atoms with Gasteiger partial charge >= 0.3 is 0 Å². The van der Waals surface area contributed by atoms with Crippen LogP contribution in [0, 0.1) is 0 Å². The summed E-state index contributed by atoms with van der Waals surface area (Å²) in [5.74, 6) is 1.15. The summed E-state index contributed by atoms with van der Waals surface area (Å²) in [7, 11) is 0. The molecule has 18 heavy (non-hydrogen) atoms. The van der Waals surface area contributed by atoms with Crippen LogP contribution >= 0.6 is 0 Å². The van der Waals surface area contributed by atoms with E-state index in [4.69, 9.17) is 5.73 Å². The van der Waals surface area contributed by atoms with Gasteiger partial charge in [-0.05, 0) is 12.5 Å². The van der Waals surface area contributed by atoms with E-state index >= 15 is 0 Å². The van der Waals surface area contributed by atoms with Crippen molar-refractivity contribution in [3.8, 4) is 0 Å². The lowest BCUT2D eigenvalue weighted by atomic mass is 10.1. The first-order valence-corrected chi connectivity index (χ1v) is 7.15. The normalized spacial score (nSPS) is 10.5. The van der Waals surface area contributed by atoms with Crippen molar-refractivity contribution >= 4 is 11.8 Å². The zero-order valence-corrected chi connectivity index (χ0v) is 11.5. The Hall–Kier alpha value is -1.32. The van der Waals surface area contributed by atoms with Gasteiger partial charge in [0.05, 0.1) is 0 Å². The molecule has 0 aromatic carbocycles. The van der Waals surface area contributed by atoms with Crippen molar-refractivity contribution in [2.75, 3.05) is 17.6 Å². The van der Waals surface area contributed by atoms with Crippen LogP contribution in [0.15, 0.2) is 12.3 Å². The van der Waals surface area contributed by atoms with Gasteiger partial charge in [0.25, 0.3) is 0 Å². The molecule has 0 aliphatic carbocycles. The Kier molecular flexibility index (Phi) is 7.93. The zero-order valence-electron chi connectivity index (χ0n) is 11.5. The molecule has 1 aromatic heterocycles. The highest BCUT2D eigenvalue weighted by Gasteiger charge is 1.95. The molecule has 0 aliphatic rings. The van der Waals surface area contributed by atoms with Crippen LogP contribution in [-0.2, 0) is 0 Å². The molecule has 0 bridgehead atoms. The number of nitrogens with one attached hydrogen (secondary N) is 1. The van der Waals surface area contributed by atoms with E-state index in [0.29, 0.717) is 11.8 Å². The maximum absolute atomic E-state index is 5.58. The Bertz CT molecular complexity index is 314. The lowest BCUT2D eigenvalue weighted by molar-refractivity contribution is 0.581. The minimum atomic E-state index is 0.517. The fourth-order valence-corrected chi connectivity index (χ4v) is 1.92. The second-order valence-corrected chi connectivity index (χ2v) is 4.71. The van der Waals surface area contributed by atoms with Crippen LogP contribution in [0.2, 0.25) is 0 Å². The Morgan fingerprint density at radius 3 is 2.39 bits per heavy atom. The monoisotopic (exact) mass is 250 g/mol. The van der Waals surface area contributed by atoms with E-state index < -0.39 is 0 Å².